The van der Waals surface area contributed by atoms with Gasteiger partial charge in [0.2, 0.25) is 0 Å². The molecule has 1 saturated carbocycles. The summed E-state index contributed by atoms with van der Waals surface area (Å²) in [5, 5.41) is 3.12. The number of nitrogens with one attached hydrogen (secondary N) is 1. The lowest BCUT2D eigenvalue weighted by Crippen LogP contribution is -2.40. The van der Waals surface area contributed by atoms with E-state index in [1.807, 2.05) is 30.3 Å². The highest BCUT2D eigenvalue weighted by molar-refractivity contribution is 5.82. The van der Waals surface area contributed by atoms with Crippen LogP contribution in [0.25, 0.3) is 0 Å². The molecule has 1 aliphatic carbocycles. The number of benzene rings is 2. The molecule has 32 heavy (non-hydrogen) atoms. The Kier molecular flexibility index (Phi) is 7.66. The molecular formula is C26H34N2O4. The highest BCUT2D eigenvalue weighted by atomic mass is 16.5. The van der Waals surface area contributed by atoms with E-state index in [0.717, 1.165) is 56.0 Å². The summed E-state index contributed by atoms with van der Waals surface area (Å²) in [6.07, 6.45) is 5.04. The van der Waals surface area contributed by atoms with Crippen LogP contribution in [-0.2, 0) is 22.5 Å². The van der Waals surface area contributed by atoms with Gasteiger partial charge in [0.1, 0.15) is 0 Å². The van der Waals surface area contributed by atoms with Crippen LogP contribution in [0.15, 0.2) is 42.5 Å². The van der Waals surface area contributed by atoms with E-state index in [0.29, 0.717) is 6.54 Å². The SMILES string of the molecule is COc1cc2c(cc1OC)CN(CCNC(=O)C(OC1CCCC1)c1ccccc1)CC2. The van der Waals surface area contributed by atoms with Crippen molar-refractivity contribution in [3.8, 4) is 11.5 Å². The van der Waals surface area contributed by atoms with Gasteiger partial charge < -0.3 is 19.5 Å². The number of nitrogens with zero attached hydrogens (tertiary/aromatic N) is 1. The van der Waals surface area contributed by atoms with Gasteiger partial charge in [-0.1, -0.05) is 43.2 Å². The van der Waals surface area contributed by atoms with Crippen LogP contribution in [0, 0.1) is 0 Å². The largest absolute Gasteiger partial charge is 0.493 e. The van der Waals surface area contributed by atoms with Crippen LogP contribution >= 0.6 is 0 Å². The summed E-state index contributed by atoms with van der Waals surface area (Å²) >= 11 is 0. The summed E-state index contributed by atoms with van der Waals surface area (Å²) < 4.78 is 17.1. The van der Waals surface area contributed by atoms with Crippen molar-refractivity contribution < 1.29 is 19.0 Å². The first kappa shape index (κ1) is 22.6. The summed E-state index contributed by atoms with van der Waals surface area (Å²) in [7, 11) is 3.33. The summed E-state index contributed by atoms with van der Waals surface area (Å²) in [6, 6.07) is 14.0. The Balaban J connectivity index is 1.33. The van der Waals surface area contributed by atoms with Gasteiger partial charge in [0.25, 0.3) is 5.91 Å². The molecular weight excluding hydrogens is 404 g/mol. The third-order valence-corrected chi connectivity index (χ3v) is 6.50. The molecule has 1 atom stereocenters. The number of hydrogen-bond acceptors (Lipinski definition) is 5. The molecule has 1 unspecified atom stereocenters. The maximum atomic E-state index is 13.0. The van der Waals surface area contributed by atoms with E-state index in [1.54, 1.807) is 14.2 Å². The summed E-state index contributed by atoms with van der Waals surface area (Å²) in [6.45, 7) is 3.19. The highest BCUT2D eigenvalue weighted by Crippen LogP contribution is 2.33. The molecule has 4 rings (SSSR count). The van der Waals surface area contributed by atoms with E-state index in [2.05, 4.69) is 22.3 Å². The lowest BCUT2D eigenvalue weighted by atomic mass is 9.99. The zero-order valence-corrected chi connectivity index (χ0v) is 19.1. The fourth-order valence-corrected chi connectivity index (χ4v) is 4.70. The number of carbonyl (C=O) groups excluding carboxylic acids is 1. The van der Waals surface area contributed by atoms with Gasteiger partial charge in [0, 0.05) is 26.2 Å². The Hall–Kier alpha value is -2.57. The Morgan fingerprint density at radius 2 is 1.75 bits per heavy atom. The average Bonchev–Trinajstić information content (AvgIpc) is 3.35. The lowest BCUT2D eigenvalue weighted by molar-refractivity contribution is -0.137. The van der Waals surface area contributed by atoms with Gasteiger partial charge in [0.05, 0.1) is 20.3 Å². The van der Waals surface area contributed by atoms with Gasteiger partial charge in [0.15, 0.2) is 17.6 Å². The van der Waals surface area contributed by atoms with Crippen molar-refractivity contribution in [1.82, 2.24) is 10.2 Å². The molecule has 1 aliphatic heterocycles. The van der Waals surface area contributed by atoms with Crippen molar-refractivity contribution in [2.75, 3.05) is 33.9 Å². The van der Waals surface area contributed by atoms with Gasteiger partial charge >= 0.3 is 0 Å². The molecule has 2 aromatic carbocycles. The molecule has 1 N–H and O–H groups in total. The van der Waals surface area contributed by atoms with Crippen LogP contribution in [0.3, 0.4) is 0 Å². The molecule has 0 saturated heterocycles. The van der Waals surface area contributed by atoms with Gasteiger partial charge in [-0.05, 0) is 48.1 Å². The van der Waals surface area contributed by atoms with Crippen LogP contribution in [-0.4, -0.2) is 50.8 Å². The molecule has 0 bridgehead atoms. The van der Waals surface area contributed by atoms with Crippen LogP contribution in [0.2, 0.25) is 0 Å². The maximum Gasteiger partial charge on any atom is 0.253 e. The third kappa shape index (κ3) is 5.43. The number of hydrogen-bond donors (Lipinski definition) is 1. The first-order valence-electron chi connectivity index (χ1n) is 11.6. The standard InChI is InChI=1S/C26H34N2O4/c1-30-23-16-20-12-14-28(18-21(20)17-24(23)31-2)15-13-27-26(29)25(19-8-4-3-5-9-19)32-22-10-6-7-11-22/h3-5,8-9,16-17,22,25H,6-7,10-15,18H2,1-2H3,(H,27,29). The summed E-state index contributed by atoms with van der Waals surface area (Å²) in [5.41, 5.74) is 3.48. The van der Waals surface area contributed by atoms with Gasteiger partial charge in [-0.2, -0.15) is 0 Å². The van der Waals surface area contributed by atoms with Crippen molar-refractivity contribution in [3.63, 3.8) is 0 Å². The number of rotatable bonds is 9. The summed E-state index contributed by atoms with van der Waals surface area (Å²) in [4.78, 5) is 15.4. The van der Waals surface area contributed by atoms with E-state index in [1.165, 1.54) is 24.0 Å². The minimum atomic E-state index is -0.543. The molecule has 1 amide bonds. The van der Waals surface area contributed by atoms with Gasteiger partial charge in [-0.15, -0.1) is 0 Å². The zero-order valence-electron chi connectivity index (χ0n) is 19.1. The van der Waals surface area contributed by atoms with Gasteiger partial charge in [-0.3, -0.25) is 9.69 Å². The molecule has 2 aromatic rings. The fraction of sp³-hybridized carbons (Fsp3) is 0.500. The highest BCUT2D eigenvalue weighted by Gasteiger charge is 2.27. The molecule has 6 nitrogen and oxygen atoms in total. The van der Waals surface area contributed by atoms with E-state index in [-0.39, 0.29) is 12.0 Å². The number of amides is 1. The molecule has 0 spiro atoms. The first-order valence-corrected chi connectivity index (χ1v) is 11.6. The number of methoxy groups -OCH3 is 2. The quantitative estimate of drug-likeness (QED) is 0.644. The van der Waals surface area contributed by atoms with Crippen molar-refractivity contribution in [3.05, 3.63) is 59.2 Å². The fourth-order valence-electron chi connectivity index (χ4n) is 4.70. The molecule has 0 aromatic heterocycles. The Morgan fingerprint density at radius 1 is 1.06 bits per heavy atom. The number of fused-ring (bicyclic) bond motifs is 1. The molecule has 0 radical (unpaired) electrons. The normalized spacial score (nSPS) is 17.6. The second kappa shape index (κ2) is 10.8. The van der Waals surface area contributed by atoms with Crippen molar-refractivity contribution in [2.45, 2.75) is 50.9 Å². The zero-order chi connectivity index (χ0) is 22.3. The maximum absolute atomic E-state index is 13.0. The topological polar surface area (TPSA) is 60.0 Å². The smallest absolute Gasteiger partial charge is 0.253 e. The predicted molar refractivity (Wildman–Crippen MR) is 124 cm³/mol. The van der Waals surface area contributed by atoms with Crippen molar-refractivity contribution >= 4 is 5.91 Å². The Labute approximate surface area is 190 Å². The molecule has 2 aliphatic rings. The summed E-state index contributed by atoms with van der Waals surface area (Å²) in [5.74, 6) is 1.49. The first-order chi connectivity index (χ1) is 15.7. The van der Waals surface area contributed by atoms with Gasteiger partial charge in [-0.25, -0.2) is 0 Å². The number of carbonyl (C=O) groups is 1. The van der Waals surface area contributed by atoms with E-state index < -0.39 is 6.10 Å². The number of ether oxygens (including phenoxy) is 3. The molecule has 172 valence electrons. The third-order valence-electron chi connectivity index (χ3n) is 6.50. The molecule has 1 heterocycles. The van der Waals surface area contributed by atoms with Crippen LogP contribution in [0.5, 0.6) is 11.5 Å². The van der Waals surface area contributed by atoms with Crippen LogP contribution in [0.4, 0.5) is 0 Å². The molecule has 1 fully saturated rings. The average molecular weight is 439 g/mol. The Bertz CT molecular complexity index is 896. The van der Waals surface area contributed by atoms with Crippen molar-refractivity contribution in [2.24, 2.45) is 0 Å². The van der Waals surface area contributed by atoms with E-state index in [9.17, 15) is 4.79 Å². The minimum Gasteiger partial charge on any atom is -0.493 e. The molecule has 6 heteroatoms. The monoisotopic (exact) mass is 438 g/mol. The van der Waals surface area contributed by atoms with Crippen molar-refractivity contribution in [1.29, 1.82) is 0 Å². The van der Waals surface area contributed by atoms with E-state index >= 15 is 0 Å². The minimum absolute atomic E-state index is 0.0492. The lowest BCUT2D eigenvalue weighted by Gasteiger charge is -2.30. The van der Waals surface area contributed by atoms with E-state index in [4.69, 9.17) is 14.2 Å². The van der Waals surface area contributed by atoms with Crippen LogP contribution < -0.4 is 14.8 Å². The second-order valence-corrected chi connectivity index (χ2v) is 8.63. The predicted octanol–water partition coefficient (Wildman–Crippen LogP) is 3.88. The Morgan fingerprint density at radius 3 is 2.44 bits per heavy atom. The second-order valence-electron chi connectivity index (χ2n) is 8.63. The van der Waals surface area contributed by atoms with Crippen LogP contribution in [0.1, 0.15) is 48.5 Å².